The number of aromatic nitrogens is 4. The topological polar surface area (TPSA) is 193 Å². The Balaban J connectivity index is 1.48. The van der Waals surface area contributed by atoms with Gasteiger partial charge in [0.15, 0.2) is 35.5 Å². The van der Waals surface area contributed by atoms with Gasteiger partial charge >= 0.3 is 19.8 Å². The lowest BCUT2D eigenvalue weighted by atomic mass is 9.99. The zero-order valence-corrected chi connectivity index (χ0v) is 42.3. The van der Waals surface area contributed by atoms with Crippen molar-refractivity contribution in [3.05, 3.63) is 12.2 Å². The molecule has 66 heavy (non-hydrogen) atoms. The predicted octanol–water partition coefficient (Wildman–Crippen LogP) is 11.9. The molecule has 0 saturated carbocycles. The number of anilines is 1. The molecule has 0 amide bonds. The van der Waals surface area contributed by atoms with Gasteiger partial charge in [-0.3, -0.25) is 23.2 Å². The summed E-state index contributed by atoms with van der Waals surface area (Å²) in [4.78, 5) is 49.4. The predicted molar refractivity (Wildman–Crippen MR) is 257 cm³/mol. The minimum atomic E-state index is -4.97. The molecule has 3 N–H and O–H groups in total. The van der Waals surface area contributed by atoms with Gasteiger partial charge in [-0.2, -0.15) is 0 Å². The van der Waals surface area contributed by atoms with Crippen LogP contribution in [0.5, 0.6) is 0 Å². The van der Waals surface area contributed by atoms with Gasteiger partial charge < -0.3 is 29.5 Å². The Kier molecular flexibility index (Phi) is 29.1. The maximum Gasteiger partial charge on any atom is 0.472 e. The van der Waals surface area contributed by atoms with E-state index in [2.05, 4.69) is 34.1 Å². The fraction of sp³-hybridized carbons (Fsp3) is 0.854. The van der Waals surface area contributed by atoms with Crippen LogP contribution in [0.4, 0.5) is 10.2 Å². The number of alkyl halides is 2. The molecule has 0 aliphatic carbocycles. The fourth-order valence-corrected chi connectivity index (χ4v) is 9.39. The smallest absolute Gasteiger partial charge is 0.462 e. The summed E-state index contributed by atoms with van der Waals surface area (Å²) in [5.41, 5.74) is -1.42. The van der Waals surface area contributed by atoms with Crippen molar-refractivity contribution in [1.29, 1.82) is 0 Å². The van der Waals surface area contributed by atoms with Crippen molar-refractivity contribution in [2.45, 2.75) is 231 Å². The molecule has 3 rings (SSSR count). The number of fused-ring (bicyclic) bond motifs is 1. The molecule has 2 aromatic rings. The van der Waals surface area contributed by atoms with Gasteiger partial charge in [0.25, 0.3) is 0 Å². The number of aliphatic hydroxyl groups excluding tert-OH is 1. The molecule has 0 spiro atoms. The second-order valence-electron chi connectivity index (χ2n) is 18.1. The summed E-state index contributed by atoms with van der Waals surface area (Å²) in [7, 11) is -3.32. The Bertz CT molecular complexity index is 1700. The van der Waals surface area contributed by atoms with Gasteiger partial charge in [0.1, 0.15) is 24.1 Å². The van der Waals surface area contributed by atoms with Gasteiger partial charge in [-0.05, 0) is 19.8 Å². The van der Waals surface area contributed by atoms with Gasteiger partial charge in [0.05, 0.1) is 25.4 Å². The Hall–Kier alpha value is -2.46. The number of aryl methyl sites for hydroxylation is 1. The molecular formula is C48H84ClFN5O10P. The largest absolute Gasteiger partial charge is 0.472 e. The number of phosphoric ester groups is 1. The summed E-state index contributed by atoms with van der Waals surface area (Å²) in [5.74, 6) is -0.766. The number of halogens is 2. The highest BCUT2D eigenvalue weighted by molar-refractivity contribution is 7.47. The quantitative estimate of drug-likeness (QED) is 0.0247. The highest BCUT2D eigenvalue weighted by Crippen LogP contribution is 2.48. The maximum absolute atomic E-state index is 15.8. The van der Waals surface area contributed by atoms with Crippen LogP contribution >= 0.6 is 19.4 Å². The Morgan fingerprint density at radius 3 is 1.77 bits per heavy atom. The van der Waals surface area contributed by atoms with Crippen LogP contribution in [0.2, 0.25) is 0 Å². The van der Waals surface area contributed by atoms with E-state index in [1.165, 1.54) is 126 Å². The first-order chi connectivity index (χ1) is 31.9. The lowest BCUT2D eigenvalue weighted by molar-refractivity contribution is -0.161. The molecule has 15 nitrogen and oxygen atoms in total. The van der Waals surface area contributed by atoms with E-state index in [1.54, 1.807) is 14.0 Å². The van der Waals surface area contributed by atoms with Gasteiger partial charge in [-0.25, -0.2) is 23.9 Å². The Morgan fingerprint density at radius 2 is 1.29 bits per heavy atom. The molecule has 2 aromatic heterocycles. The Labute approximate surface area is 399 Å². The molecule has 380 valence electrons. The summed E-state index contributed by atoms with van der Waals surface area (Å²) in [6.07, 6.45) is 25.4. The van der Waals surface area contributed by atoms with E-state index < -0.39 is 75.7 Å². The number of carbonyl (C=O) groups is 2. The Morgan fingerprint density at radius 1 is 0.803 bits per heavy atom. The molecule has 0 radical (unpaired) electrons. The van der Waals surface area contributed by atoms with Gasteiger partial charge in [0, 0.05) is 19.9 Å². The molecule has 1 fully saturated rings. The summed E-state index contributed by atoms with van der Waals surface area (Å²) >= 11 is 6.23. The first-order valence-electron chi connectivity index (χ1n) is 25.3. The van der Waals surface area contributed by atoms with E-state index in [1.807, 2.05) is 0 Å². The van der Waals surface area contributed by atoms with Crippen LogP contribution in [-0.2, 0) is 37.4 Å². The van der Waals surface area contributed by atoms with Crippen molar-refractivity contribution in [2.24, 2.45) is 0 Å². The summed E-state index contributed by atoms with van der Waals surface area (Å²) in [5, 5.41) is 14.0. The number of ether oxygens (including phenoxy) is 3. The SMILES string of the molecule is CCCCCCCCCCCCCCCC(=O)OCC(COP(=O)(O)OC[C@@]1(CCl)O[C@@H](n2cnc3c(NC)nc(C)nc32)[C@@H](F)[C@@H]1O)OC(=O)CCCCCCCCCCCCCCC. The summed E-state index contributed by atoms with van der Waals surface area (Å²) in [6, 6.07) is 0. The van der Waals surface area contributed by atoms with Crippen LogP contribution in [-0.4, -0.2) is 98.2 Å². The second kappa shape index (κ2) is 33.1. The number of hydrogen-bond acceptors (Lipinski definition) is 13. The van der Waals surface area contributed by atoms with Crippen LogP contribution in [0.15, 0.2) is 6.33 Å². The van der Waals surface area contributed by atoms with Gasteiger partial charge in [-0.1, -0.05) is 168 Å². The van der Waals surface area contributed by atoms with Crippen molar-refractivity contribution < 1.29 is 51.8 Å². The van der Waals surface area contributed by atoms with Crippen LogP contribution < -0.4 is 5.32 Å². The molecule has 3 heterocycles. The van der Waals surface area contributed by atoms with Crippen molar-refractivity contribution in [3.8, 4) is 0 Å². The molecule has 1 aliphatic rings. The van der Waals surface area contributed by atoms with E-state index >= 15 is 4.39 Å². The van der Waals surface area contributed by atoms with E-state index in [9.17, 15) is 24.2 Å². The van der Waals surface area contributed by atoms with Crippen molar-refractivity contribution in [1.82, 2.24) is 19.5 Å². The number of nitrogens with one attached hydrogen (secondary N) is 1. The average molecular weight is 977 g/mol. The van der Waals surface area contributed by atoms with E-state index in [0.29, 0.717) is 30.0 Å². The third kappa shape index (κ3) is 21.5. The highest BCUT2D eigenvalue weighted by atomic mass is 35.5. The fourth-order valence-electron chi connectivity index (χ4n) is 8.28. The molecule has 0 bridgehead atoms. The third-order valence-electron chi connectivity index (χ3n) is 12.3. The van der Waals surface area contributed by atoms with Crippen LogP contribution in [0.1, 0.15) is 206 Å². The molecular weight excluding hydrogens is 892 g/mol. The molecule has 1 aliphatic heterocycles. The molecule has 0 aromatic carbocycles. The third-order valence-corrected chi connectivity index (χ3v) is 13.7. The first kappa shape index (κ1) is 57.9. The normalized spacial score (nSPS) is 19.8. The van der Waals surface area contributed by atoms with Gasteiger partial charge in [-0.15, -0.1) is 11.6 Å². The van der Waals surface area contributed by atoms with Crippen LogP contribution in [0, 0.1) is 6.92 Å². The number of phosphoric acid groups is 1. The van der Waals surface area contributed by atoms with Crippen molar-refractivity contribution >= 4 is 48.3 Å². The molecule has 18 heteroatoms. The number of imidazole rings is 1. The monoisotopic (exact) mass is 976 g/mol. The highest BCUT2D eigenvalue weighted by Gasteiger charge is 2.57. The molecule has 1 saturated heterocycles. The lowest BCUT2D eigenvalue weighted by Gasteiger charge is -2.30. The first-order valence-corrected chi connectivity index (χ1v) is 27.3. The minimum Gasteiger partial charge on any atom is -0.462 e. The number of rotatable bonds is 40. The molecule has 2 unspecified atom stereocenters. The average Bonchev–Trinajstić information content (AvgIpc) is 3.83. The maximum atomic E-state index is 15.8. The second-order valence-corrected chi connectivity index (χ2v) is 19.8. The lowest BCUT2D eigenvalue weighted by Crippen LogP contribution is -2.47. The number of aliphatic hydroxyl groups is 1. The number of esters is 2. The zero-order valence-electron chi connectivity index (χ0n) is 40.7. The number of unbranched alkanes of at least 4 members (excludes halogenated alkanes) is 24. The standard InChI is InChI=1S/C48H84ClFN5O10P/c1-5-7-9-11-13-15-17-19-21-23-25-27-29-31-40(56)61-33-39(64-41(57)32-30-28-26-24-22-20-18-16-14-12-10-8-6-2)34-62-66(59,60)63-36-48(35-49)44(58)42(50)47(65-48)55-37-52-43-45(51-4)53-38(3)54-46(43)55/h37,39,42,44,47,58H,5-36H2,1-4H3,(H,59,60)(H,51,53,54)/t39?,42-,44-,47+,48+/m0/s1. The number of hydrogen-bond donors (Lipinski definition) is 3. The summed E-state index contributed by atoms with van der Waals surface area (Å²) < 4.78 is 57.8. The molecule has 6 atom stereocenters. The van der Waals surface area contributed by atoms with E-state index in [4.69, 9.17) is 34.9 Å². The number of nitrogens with zero attached hydrogens (tertiary/aromatic N) is 4. The van der Waals surface area contributed by atoms with Crippen molar-refractivity contribution in [2.75, 3.05) is 38.1 Å². The summed E-state index contributed by atoms with van der Waals surface area (Å²) in [6.45, 7) is 4.23. The number of carbonyl (C=O) groups excluding carboxylic acids is 2. The van der Waals surface area contributed by atoms with E-state index in [0.717, 1.165) is 38.5 Å². The van der Waals surface area contributed by atoms with Crippen molar-refractivity contribution in [3.63, 3.8) is 0 Å². The van der Waals surface area contributed by atoms with Crippen LogP contribution in [0.3, 0.4) is 0 Å². The van der Waals surface area contributed by atoms with Crippen LogP contribution in [0.25, 0.3) is 11.2 Å². The zero-order chi connectivity index (χ0) is 48.0. The van der Waals surface area contributed by atoms with Gasteiger partial charge in [0.2, 0.25) is 0 Å². The minimum absolute atomic E-state index is 0.127. The van der Waals surface area contributed by atoms with E-state index in [-0.39, 0.29) is 18.5 Å².